The van der Waals surface area contributed by atoms with Crippen LogP contribution in [0.1, 0.15) is 33.8 Å². The van der Waals surface area contributed by atoms with E-state index in [4.69, 9.17) is 4.74 Å². The zero-order chi connectivity index (χ0) is 21.1. The van der Waals surface area contributed by atoms with E-state index in [1.165, 1.54) is 30.6 Å². The lowest BCUT2D eigenvalue weighted by Crippen LogP contribution is -2.13. The summed E-state index contributed by atoms with van der Waals surface area (Å²) in [5.74, 6) is -0.374. The van der Waals surface area contributed by atoms with E-state index in [0.717, 1.165) is 34.4 Å². The Balaban J connectivity index is 1.57. The number of pyridine rings is 1. The highest BCUT2D eigenvalue weighted by Gasteiger charge is 2.20. The number of nitrogens with zero attached hydrogens (tertiary/aromatic N) is 1. The smallest absolute Gasteiger partial charge is 0.337 e. The van der Waals surface area contributed by atoms with E-state index in [1.54, 1.807) is 12.3 Å². The number of rotatable bonds is 5. The van der Waals surface area contributed by atoms with E-state index in [2.05, 4.69) is 10.3 Å². The van der Waals surface area contributed by atoms with Crippen LogP contribution < -0.4 is 10.1 Å². The fourth-order valence-electron chi connectivity index (χ4n) is 3.64. The molecule has 30 heavy (non-hydrogen) atoms. The van der Waals surface area contributed by atoms with Crippen LogP contribution in [0.2, 0.25) is 0 Å². The van der Waals surface area contributed by atoms with Gasteiger partial charge in [0.25, 0.3) is 0 Å². The van der Waals surface area contributed by atoms with E-state index in [1.807, 2.05) is 31.2 Å². The minimum atomic E-state index is -1.01. The first kappa shape index (κ1) is 19.6. The van der Waals surface area contributed by atoms with Crippen molar-refractivity contribution in [2.75, 3.05) is 11.9 Å². The van der Waals surface area contributed by atoms with Crippen LogP contribution in [0.15, 0.2) is 67.1 Å². The van der Waals surface area contributed by atoms with E-state index in [9.17, 15) is 14.3 Å². The number of benzene rings is 2. The highest BCUT2D eigenvalue weighted by molar-refractivity contribution is 5.94. The molecule has 3 aromatic rings. The van der Waals surface area contributed by atoms with Crippen molar-refractivity contribution in [3.63, 3.8) is 0 Å². The molecule has 0 bridgehead atoms. The van der Waals surface area contributed by atoms with Gasteiger partial charge in [-0.3, -0.25) is 4.98 Å². The van der Waals surface area contributed by atoms with Crippen LogP contribution in [0, 0.1) is 12.7 Å². The summed E-state index contributed by atoms with van der Waals surface area (Å²) in [7, 11) is 0. The molecule has 2 N–H and O–H groups in total. The summed E-state index contributed by atoms with van der Waals surface area (Å²) in [5, 5.41) is 12.3. The molecule has 5 nitrogen and oxygen atoms in total. The molecular formula is C24H21FN2O3. The van der Waals surface area contributed by atoms with E-state index in [-0.39, 0.29) is 17.3 Å². The van der Waals surface area contributed by atoms with Crippen LogP contribution in [0.25, 0.3) is 11.1 Å². The molecule has 6 heteroatoms. The summed E-state index contributed by atoms with van der Waals surface area (Å²) in [6.07, 6.45) is 7.48. The average Bonchev–Trinajstić information content (AvgIpc) is 2.75. The van der Waals surface area contributed by atoms with Crippen LogP contribution in [0.5, 0.6) is 5.75 Å². The van der Waals surface area contributed by atoms with Gasteiger partial charge >= 0.3 is 5.97 Å². The van der Waals surface area contributed by atoms with Crippen molar-refractivity contribution in [2.45, 2.75) is 19.3 Å². The van der Waals surface area contributed by atoms with Crippen molar-refractivity contribution in [2.24, 2.45) is 0 Å². The maximum atomic E-state index is 13.7. The van der Waals surface area contributed by atoms with Gasteiger partial charge in [0.05, 0.1) is 24.1 Å². The zero-order valence-electron chi connectivity index (χ0n) is 16.4. The fourth-order valence-corrected chi connectivity index (χ4v) is 3.64. The lowest BCUT2D eigenvalue weighted by Gasteiger charge is -2.24. The van der Waals surface area contributed by atoms with Gasteiger partial charge in [-0.05, 0) is 60.5 Å². The molecule has 1 aliphatic rings. The molecule has 2 aromatic carbocycles. The third-order valence-electron chi connectivity index (χ3n) is 5.23. The lowest BCUT2D eigenvalue weighted by atomic mass is 9.90. The van der Waals surface area contributed by atoms with Crippen molar-refractivity contribution >= 4 is 11.7 Å². The van der Waals surface area contributed by atoms with Gasteiger partial charge in [0.1, 0.15) is 11.6 Å². The minimum absolute atomic E-state index is 0.119. The maximum Gasteiger partial charge on any atom is 0.337 e. The highest BCUT2D eigenvalue weighted by Crippen LogP contribution is 2.38. The maximum absolute atomic E-state index is 13.7. The van der Waals surface area contributed by atoms with Crippen LogP contribution in [0.4, 0.5) is 10.1 Å². The summed E-state index contributed by atoms with van der Waals surface area (Å²) in [6.45, 7) is 2.52. The molecule has 2 heterocycles. The predicted molar refractivity (Wildman–Crippen MR) is 113 cm³/mol. The van der Waals surface area contributed by atoms with E-state index < -0.39 is 5.97 Å². The second kappa shape index (κ2) is 8.37. The number of allylic oxidation sites excluding steroid dienone is 1. The second-order valence-corrected chi connectivity index (χ2v) is 7.19. The Morgan fingerprint density at radius 3 is 2.97 bits per heavy atom. The van der Waals surface area contributed by atoms with Gasteiger partial charge in [-0.15, -0.1) is 0 Å². The van der Waals surface area contributed by atoms with Gasteiger partial charge in [0, 0.05) is 17.7 Å². The zero-order valence-corrected chi connectivity index (χ0v) is 16.4. The molecule has 0 radical (unpaired) electrons. The molecule has 0 saturated carbocycles. The van der Waals surface area contributed by atoms with Gasteiger partial charge in [-0.2, -0.15) is 0 Å². The molecule has 0 amide bonds. The van der Waals surface area contributed by atoms with Gasteiger partial charge < -0.3 is 15.2 Å². The Bertz CT molecular complexity index is 1130. The Morgan fingerprint density at radius 2 is 2.13 bits per heavy atom. The normalized spacial score (nSPS) is 15.5. The number of aryl methyl sites for hydroxylation is 1. The number of carbonyl (C=O) groups is 1. The Labute approximate surface area is 173 Å². The Morgan fingerprint density at radius 1 is 1.27 bits per heavy atom. The number of fused-ring (bicyclic) bond motifs is 1. The first-order chi connectivity index (χ1) is 14.5. The summed E-state index contributed by atoms with van der Waals surface area (Å²) < 4.78 is 19.6. The molecule has 0 aliphatic carbocycles. The third-order valence-corrected chi connectivity index (χ3v) is 5.23. The Kier molecular flexibility index (Phi) is 5.48. The molecule has 1 atom stereocenters. The largest absolute Gasteiger partial charge is 0.493 e. The molecule has 0 saturated heterocycles. The summed E-state index contributed by atoms with van der Waals surface area (Å²) >= 11 is 0. The lowest BCUT2D eigenvalue weighted by molar-refractivity contribution is 0.0698. The quantitative estimate of drug-likeness (QED) is 0.597. The monoisotopic (exact) mass is 404 g/mol. The number of carboxylic acid groups (broad SMARTS) is 1. The van der Waals surface area contributed by atoms with Crippen LogP contribution >= 0.6 is 0 Å². The first-order valence-electron chi connectivity index (χ1n) is 9.66. The SMILES string of the molecule is Cc1ccc(F)cc1-c1ccc2c(c1)OCCC2/C=C/Nc1cnccc1C(=O)O. The summed E-state index contributed by atoms with van der Waals surface area (Å²) in [4.78, 5) is 15.3. The predicted octanol–water partition coefficient (Wildman–Crippen LogP) is 5.39. The molecule has 152 valence electrons. The van der Waals surface area contributed by atoms with Crippen LogP contribution in [-0.2, 0) is 0 Å². The molecule has 0 spiro atoms. The van der Waals surface area contributed by atoms with Gasteiger partial charge in [-0.1, -0.05) is 24.3 Å². The minimum Gasteiger partial charge on any atom is -0.493 e. The van der Waals surface area contributed by atoms with Crippen molar-refractivity contribution < 1.29 is 19.0 Å². The average molecular weight is 404 g/mol. The van der Waals surface area contributed by atoms with Gasteiger partial charge in [0.15, 0.2) is 0 Å². The Hall–Kier alpha value is -3.67. The number of hydrogen-bond acceptors (Lipinski definition) is 4. The fraction of sp³-hybridized carbons (Fsp3) is 0.167. The van der Waals surface area contributed by atoms with Gasteiger partial charge in [-0.25, -0.2) is 9.18 Å². The van der Waals surface area contributed by atoms with Gasteiger partial charge in [0.2, 0.25) is 0 Å². The summed E-state index contributed by atoms with van der Waals surface area (Å²) in [5.41, 5.74) is 4.40. The van der Waals surface area contributed by atoms with E-state index >= 15 is 0 Å². The number of anilines is 1. The van der Waals surface area contributed by atoms with Crippen molar-refractivity contribution in [3.05, 3.63) is 89.6 Å². The molecule has 1 aliphatic heterocycles. The van der Waals surface area contributed by atoms with Crippen LogP contribution in [0.3, 0.4) is 0 Å². The molecule has 4 rings (SSSR count). The van der Waals surface area contributed by atoms with Crippen molar-refractivity contribution in [3.8, 4) is 16.9 Å². The number of aromatic nitrogens is 1. The highest BCUT2D eigenvalue weighted by atomic mass is 19.1. The first-order valence-corrected chi connectivity index (χ1v) is 9.66. The molecular weight excluding hydrogens is 383 g/mol. The number of halogens is 1. The van der Waals surface area contributed by atoms with E-state index in [0.29, 0.717) is 12.3 Å². The number of hydrogen-bond donors (Lipinski definition) is 2. The number of aromatic carboxylic acids is 1. The summed E-state index contributed by atoms with van der Waals surface area (Å²) in [6, 6.07) is 12.2. The number of ether oxygens (including phenoxy) is 1. The topological polar surface area (TPSA) is 71.5 Å². The van der Waals surface area contributed by atoms with Crippen LogP contribution in [-0.4, -0.2) is 22.7 Å². The number of nitrogens with one attached hydrogen (secondary N) is 1. The molecule has 1 aromatic heterocycles. The number of carboxylic acids is 1. The third kappa shape index (κ3) is 4.03. The molecule has 1 unspecified atom stereocenters. The standard InChI is InChI=1S/C24H21FN2O3/c1-15-2-4-18(25)13-21(15)17-3-5-19-16(8-11-30-23(19)12-17)6-10-27-22-14-26-9-7-20(22)24(28)29/h2-7,9-10,12-14,16,27H,8,11H2,1H3,(H,28,29)/b10-6+. The second-order valence-electron chi connectivity index (χ2n) is 7.19. The molecule has 0 fully saturated rings. The van der Waals surface area contributed by atoms with Crippen molar-refractivity contribution in [1.29, 1.82) is 0 Å². The van der Waals surface area contributed by atoms with Crippen molar-refractivity contribution in [1.82, 2.24) is 4.98 Å².